The Kier molecular flexibility index (Phi) is 2.06. The molecule has 1 amide bonds. The van der Waals surface area contributed by atoms with Crippen LogP contribution in [0, 0.1) is 0 Å². The highest BCUT2D eigenvalue weighted by Crippen LogP contribution is 2.19. The van der Waals surface area contributed by atoms with Crippen molar-refractivity contribution >= 4 is 11.9 Å². The molecule has 0 bridgehead atoms. The van der Waals surface area contributed by atoms with E-state index in [4.69, 9.17) is 5.11 Å². The van der Waals surface area contributed by atoms with Gasteiger partial charge in [-0.25, -0.2) is 4.79 Å². The molecule has 1 fully saturated rings. The summed E-state index contributed by atoms with van der Waals surface area (Å²) < 4.78 is 0. The summed E-state index contributed by atoms with van der Waals surface area (Å²) in [5.74, 6) is -2.40. The third kappa shape index (κ3) is 1.73. The van der Waals surface area contributed by atoms with Crippen LogP contribution in [0.3, 0.4) is 0 Å². The summed E-state index contributed by atoms with van der Waals surface area (Å²) >= 11 is 0. The normalized spacial score (nSPS) is 29.0. The van der Waals surface area contributed by atoms with Gasteiger partial charge in [0, 0.05) is 13.1 Å². The smallest absolute Gasteiger partial charge is 0.394 e. The van der Waals surface area contributed by atoms with E-state index in [0.29, 0.717) is 13.0 Å². The number of hydrogen-bond donors (Lipinski definition) is 2. The Bertz CT molecular complexity index is 223. The van der Waals surface area contributed by atoms with Crippen LogP contribution in [0.5, 0.6) is 0 Å². The van der Waals surface area contributed by atoms with E-state index in [0.717, 1.165) is 4.90 Å². The first kappa shape index (κ1) is 8.99. The summed E-state index contributed by atoms with van der Waals surface area (Å²) in [6.45, 7) is 2.01. The number of carbonyl (C=O) groups excluding carboxylic acids is 1. The molecular weight excluding hydrogens is 162 g/mol. The minimum atomic E-state index is -1.47. The molecule has 0 spiro atoms. The van der Waals surface area contributed by atoms with Gasteiger partial charge in [0.25, 0.3) is 0 Å². The van der Waals surface area contributed by atoms with Gasteiger partial charge in [-0.1, -0.05) is 0 Å². The van der Waals surface area contributed by atoms with E-state index in [-0.39, 0.29) is 6.54 Å². The Morgan fingerprint density at radius 2 is 2.08 bits per heavy atom. The predicted octanol–water partition coefficient (Wildman–Crippen LogP) is -0.946. The zero-order valence-corrected chi connectivity index (χ0v) is 6.78. The predicted molar refractivity (Wildman–Crippen MR) is 39.5 cm³/mol. The maximum atomic E-state index is 10.8. The molecule has 1 saturated heterocycles. The summed E-state index contributed by atoms with van der Waals surface area (Å²) in [6, 6.07) is 0. The molecule has 0 saturated carbocycles. The second-order valence-electron chi connectivity index (χ2n) is 3.28. The van der Waals surface area contributed by atoms with E-state index in [1.165, 1.54) is 0 Å². The first-order chi connectivity index (χ1) is 5.42. The van der Waals surface area contributed by atoms with Gasteiger partial charge in [0.05, 0.1) is 5.60 Å². The number of hydrogen-bond acceptors (Lipinski definition) is 3. The Morgan fingerprint density at radius 3 is 2.42 bits per heavy atom. The average Bonchev–Trinajstić information content (AvgIpc) is 2.28. The first-order valence-corrected chi connectivity index (χ1v) is 3.67. The second-order valence-corrected chi connectivity index (χ2v) is 3.28. The van der Waals surface area contributed by atoms with Gasteiger partial charge in [-0.05, 0) is 13.3 Å². The number of rotatable bonds is 0. The van der Waals surface area contributed by atoms with Crippen LogP contribution in [-0.2, 0) is 9.59 Å². The molecule has 2 N–H and O–H groups in total. The largest absolute Gasteiger partial charge is 0.474 e. The number of carboxylic acids is 1. The molecule has 0 aromatic rings. The number of amides is 1. The Labute approximate surface area is 69.6 Å². The van der Waals surface area contributed by atoms with Crippen LogP contribution in [0.25, 0.3) is 0 Å². The molecule has 1 rings (SSSR count). The van der Waals surface area contributed by atoms with Crippen LogP contribution in [0.1, 0.15) is 13.3 Å². The minimum Gasteiger partial charge on any atom is -0.474 e. The van der Waals surface area contributed by atoms with E-state index < -0.39 is 17.5 Å². The van der Waals surface area contributed by atoms with Crippen molar-refractivity contribution in [3.63, 3.8) is 0 Å². The van der Waals surface area contributed by atoms with Crippen molar-refractivity contribution in [2.24, 2.45) is 0 Å². The summed E-state index contributed by atoms with van der Waals surface area (Å²) in [6.07, 6.45) is 0.437. The zero-order chi connectivity index (χ0) is 9.35. The number of aliphatic hydroxyl groups is 1. The molecule has 12 heavy (non-hydrogen) atoms. The van der Waals surface area contributed by atoms with E-state index in [9.17, 15) is 14.7 Å². The number of β-amino-alcohol motifs (C(OH)–C–C–N with tert-alkyl or cyclic N) is 1. The molecule has 5 heteroatoms. The molecule has 5 nitrogen and oxygen atoms in total. The monoisotopic (exact) mass is 173 g/mol. The number of aliphatic carboxylic acids is 1. The first-order valence-electron chi connectivity index (χ1n) is 3.67. The average molecular weight is 173 g/mol. The van der Waals surface area contributed by atoms with Gasteiger partial charge in [-0.15, -0.1) is 0 Å². The standard InChI is InChI=1S/C7H11NO4/c1-7(12)2-3-8(4-7)5(9)6(10)11/h12H,2-4H2,1H3,(H,10,11). The Balaban J connectivity index is 2.59. The number of carboxylic acid groups (broad SMARTS) is 1. The van der Waals surface area contributed by atoms with E-state index in [1.807, 2.05) is 0 Å². The van der Waals surface area contributed by atoms with Crippen LogP contribution in [-0.4, -0.2) is 45.7 Å². The SMILES string of the molecule is CC1(O)CCN(C(=O)C(=O)O)C1. The number of carbonyl (C=O) groups is 2. The van der Waals surface area contributed by atoms with Crippen molar-refractivity contribution in [1.29, 1.82) is 0 Å². The highest BCUT2D eigenvalue weighted by atomic mass is 16.4. The lowest BCUT2D eigenvalue weighted by atomic mass is 10.1. The van der Waals surface area contributed by atoms with Gasteiger partial charge in [0.1, 0.15) is 0 Å². The lowest BCUT2D eigenvalue weighted by Gasteiger charge is -2.16. The highest BCUT2D eigenvalue weighted by molar-refractivity contribution is 6.31. The van der Waals surface area contributed by atoms with Crippen molar-refractivity contribution in [1.82, 2.24) is 4.90 Å². The molecular formula is C7H11NO4. The van der Waals surface area contributed by atoms with Gasteiger partial charge < -0.3 is 15.1 Å². The second kappa shape index (κ2) is 2.75. The van der Waals surface area contributed by atoms with Gasteiger partial charge in [-0.2, -0.15) is 0 Å². The lowest BCUT2D eigenvalue weighted by Crippen LogP contribution is -2.37. The molecule has 68 valence electrons. The molecule has 0 aliphatic carbocycles. The van der Waals surface area contributed by atoms with Crippen LogP contribution >= 0.6 is 0 Å². The number of nitrogens with zero attached hydrogens (tertiary/aromatic N) is 1. The lowest BCUT2D eigenvalue weighted by molar-refractivity contribution is -0.155. The number of likely N-dealkylation sites (tertiary alicyclic amines) is 1. The maximum Gasteiger partial charge on any atom is 0.394 e. The van der Waals surface area contributed by atoms with Crippen molar-refractivity contribution in [3.8, 4) is 0 Å². The Morgan fingerprint density at radius 1 is 1.50 bits per heavy atom. The van der Waals surface area contributed by atoms with Crippen molar-refractivity contribution in [2.75, 3.05) is 13.1 Å². The third-order valence-corrected chi connectivity index (χ3v) is 1.92. The summed E-state index contributed by atoms with van der Waals surface area (Å²) in [5.41, 5.74) is -0.925. The maximum absolute atomic E-state index is 10.8. The van der Waals surface area contributed by atoms with Crippen LogP contribution in [0.2, 0.25) is 0 Å². The van der Waals surface area contributed by atoms with Gasteiger partial charge in [0.15, 0.2) is 0 Å². The summed E-state index contributed by atoms with van der Waals surface area (Å²) in [4.78, 5) is 22.2. The third-order valence-electron chi connectivity index (χ3n) is 1.92. The molecule has 1 atom stereocenters. The highest BCUT2D eigenvalue weighted by Gasteiger charge is 2.36. The molecule has 1 aliphatic rings. The molecule has 1 heterocycles. The van der Waals surface area contributed by atoms with Crippen molar-refractivity contribution < 1.29 is 19.8 Å². The van der Waals surface area contributed by atoms with E-state index >= 15 is 0 Å². The van der Waals surface area contributed by atoms with Crippen LogP contribution < -0.4 is 0 Å². The van der Waals surface area contributed by atoms with Crippen LogP contribution in [0.15, 0.2) is 0 Å². The topological polar surface area (TPSA) is 77.8 Å². The van der Waals surface area contributed by atoms with Gasteiger partial charge >= 0.3 is 11.9 Å². The minimum absolute atomic E-state index is 0.109. The fourth-order valence-electron chi connectivity index (χ4n) is 1.25. The fourth-order valence-corrected chi connectivity index (χ4v) is 1.25. The van der Waals surface area contributed by atoms with E-state index in [2.05, 4.69) is 0 Å². The van der Waals surface area contributed by atoms with Crippen LogP contribution in [0.4, 0.5) is 0 Å². The molecule has 0 radical (unpaired) electrons. The molecule has 0 aromatic carbocycles. The van der Waals surface area contributed by atoms with Gasteiger partial charge in [0.2, 0.25) is 0 Å². The Hall–Kier alpha value is -1.10. The fraction of sp³-hybridized carbons (Fsp3) is 0.714. The van der Waals surface area contributed by atoms with Gasteiger partial charge in [-0.3, -0.25) is 4.79 Å². The molecule has 1 unspecified atom stereocenters. The summed E-state index contributed by atoms with van der Waals surface area (Å²) in [7, 11) is 0. The van der Waals surface area contributed by atoms with Crippen molar-refractivity contribution in [2.45, 2.75) is 18.9 Å². The molecule has 0 aromatic heterocycles. The zero-order valence-electron chi connectivity index (χ0n) is 6.78. The van der Waals surface area contributed by atoms with Crippen molar-refractivity contribution in [3.05, 3.63) is 0 Å². The molecule has 1 aliphatic heterocycles. The van der Waals surface area contributed by atoms with E-state index in [1.54, 1.807) is 6.92 Å². The quantitative estimate of drug-likeness (QED) is 0.463. The summed E-state index contributed by atoms with van der Waals surface area (Å²) in [5, 5.41) is 17.7.